The maximum absolute atomic E-state index is 10.7. The van der Waals surface area contributed by atoms with Crippen LogP contribution in [0.15, 0.2) is 12.7 Å². The zero-order valence-corrected chi connectivity index (χ0v) is 15.1. The molecule has 2 nitrogen and oxygen atoms in total. The second kappa shape index (κ2) is 4.83. The molecule has 3 fully saturated rings. The van der Waals surface area contributed by atoms with Crippen molar-refractivity contribution < 1.29 is 9.84 Å². The lowest BCUT2D eigenvalue weighted by Crippen LogP contribution is -2.65. The van der Waals surface area contributed by atoms with Crippen molar-refractivity contribution in [1.82, 2.24) is 0 Å². The van der Waals surface area contributed by atoms with E-state index in [1.165, 1.54) is 25.7 Å². The van der Waals surface area contributed by atoms with E-state index in [2.05, 4.69) is 34.3 Å². The zero-order chi connectivity index (χ0) is 16.4. The Kier molecular flexibility index (Phi) is 3.63. The van der Waals surface area contributed by atoms with Crippen LogP contribution in [0.1, 0.15) is 73.1 Å². The summed E-state index contributed by atoms with van der Waals surface area (Å²) in [6.07, 6.45) is 8.50. The van der Waals surface area contributed by atoms with Crippen molar-refractivity contribution in [1.29, 1.82) is 0 Å². The van der Waals surface area contributed by atoms with E-state index in [4.69, 9.17) is 4.74 Å². The minimum atomic E-state index is -0.599. The fourth-order valence-electron chi connectivity index (χ4n) is 6.45. The summed E-state index contributed by atoms with van der Waals surface area (Å²) in [7, 11) is 0. The molecule has 3 rings (SSSR count). The fraction of sp³-hybridized carbons (Fsp3) is 0.900. The van der Waals surface area contributed by atoms with Crippen molar-refractivity contribution in [3.63, 3.8) is 0 Å². The lowest BCUT2D eigenvalue weighted by atomic mass is 9.44. The fourth-order valence-corrected chi connectivity index (χ4v) is 6.45. The van der Waals surface area contributed by atoms with E-state index in [9.17, 15) is 5.11 Å². The van der Waals surface area contributed by atoms with E-state index in [1.54, 1.807) is 6.08 Å². The van der Waals surface area contributed by atoms with Crippen molar-refractivity contribution in [3.05, 3.63) is 12.7 Å². The number of aliphatic hydroxyl groups is 1. The molecule has 0 bridgehead atoms. The molecule has 1 aliphatic heterocycles. The van der Waals surface area contributed by atoms with Gasteiger partial charge < -0.3 is 9.84 Å². The van der Waals surface area contributed by atoms with Crippen LogP contribution in [0.3, 0.4) is 0 Å². The molecular weight excluding hydrogens is 272 g/mol. The van der Waals surface area contributed by atoms with Crippen LogP contribution in [-0.4, -0.2) is 22.4 Å². The van der Waals surface area contributed by atoms with Gasteiger partial charge in [0.05, 0.1) is 11.7 Å². The predicted molar refractivity (Wildman–Crippen MR) is 90.7 cm³/mol. The first-order chi connectivity index (χ1) is 10.1. The first-order valence-corrected chi connectivity index (χ1v) is 9.09. The van der Waals surface area contributed by atoms with Gasteiger partial charge in [-0.25, -0.2) is 0 Å². The highest BCUT2D eigenvalue weighted by molar-refractivity contribution is 5.15. The molecule has 0 radical (unpaired) electrons. The molecule has 0 aromatic rings. The maximum atomic E-state index is 10.7. The van der Waals surface area contributed by atoms with Crippen molar-refractivity contribution in [2.24, 2.45) is 22.7 Å². The second-order valence-corrected chi connectivity index (χ2v) is 9.55. The molecule has 2 heteroatoms. The Bertz CT molecular complexity index is 470. The third-order valence-corrected chi connectivity index (χ3v) is 7.72. The first kappa shape index (κ1) is 16.5. The molecule has 0 amide bonds. The minimum absolute atomic E-state index is 0.124. The molecule has 2 aliphatic carbocycles. The van der Waals surface area contributed by atoms with Crippen LogP contribution >= 0.6 is 0 Å². The smallest absolute Gasteiger partial charge is 0.110 e. The molecule has 22 heavy (non-hydrogen) atoms. The van der Waals surface area contributed by atoms with Gasteiger partial charge in [0, 0.05) is 0 Å². The Labute approximate surface area is 136 Å². The third-order valence-electron chi connectivity index (χ3n) is 7.72. The summed E-state index contributed by atoms with van der Waals surface area (Å²) in [5.41, 5.74) is -0.0177. The highest BCUT2D eigenvalue weighted by atomic mass is 16.5. The topological polar surface area (TPSA) is 29.5 Å². The Hall–Kier alpha value is -0.340. The molecular formula is C20H34O2. The summed E-state index contributed by atoms with van der Waals surface area (Å²) < 4.78 is 6.54. The Morgan fingerprint density at radius 2 is 1.73 bits per heavy atom. The summed E-state index contributed by atoms with van der Waals surface area (Å²) in [4.78, 5) is 0. The van der Waals surface area contributed by atoms with E-state index >= 15 is 0 Å². The van der Waals surface area contributed by atoms with E-state index in [1.807, 2.05) is 6.92 Å². The Morgan fingerprint density at radius 1 is 1.05 bits per heavy atom. The molecule has 0 unspecified atom stereocenters. The lowest BCUT2D eigenvalue weighted by Gasteiger charge is -2.65. The van der Waals surface area contributed by atoms with Crippen molar-refractivity contribution in [2.45, 2.75) is 90.4 Å². The summed E-state index contributed by atoms with van der Waals surface area (Å²) in [6, 6.07) is 0. The summed E-state index contributed by atoms with van der Waals surface area (Å²) in [5, 5.41) is 10.7. The Balaban J connectivity index is 1.98. The molecule has 6 atom stereocenters. The number of ether oxygens (including phenoxy) is 1. The molecule has 1 heterocycles. The molecule has 126 valence electrons. The molecule has 0 aromatic heterocycles. The van der Waals surface area contributed by atoms with Crippen LogP contribution in [0.4, 0.5) is 0 Å². The third kappa shape index (κ3) is 2.13. The maximum Gasteiger partial charge on any atom is 0.110 e. The molecule has 2 saturated carbocycles. The van der Waals surface area contributed by atoms with Crippen molar-refractivity contribution in [3.8, 4) is 0 Å². The predicted octanol–water partition coefficient (Wildman–Crippen LogP) is 4.71. The van der Waals surface area contributed by atoms with Gasteiger partial charge >= 0.3 is 0 Å². The number of aliphatic hydroxyl groups excluding tert-OH is 1. The normalized spacial score (nSPS) is 54.2. The number of rotatable bonds is 1. The Morgan fingerprint density at radius 3 is 2.36 bits per heavy atom. The SMILES string of the molecule is C=C[C@]1(C)O[C@@]2(C)CC[C@@H]3C(C)(C)CCC[C@@]3(C)[C@@H]2C[C@H]1O. The van der Waals surface area contributed by atoms with E-state index < -0.39 is 11.7 Å². The van der Waals surface area contributed by atoms with Gasteiger partial charge in [0.25, 0.3) is 0 Å². The van der Waals surface area contributed by atoms with Crippen LogP contribution in [0.25, 0.3) is 0 Å². The summed E-state index contributed by atoms with van der Waals surface area (Å²) >= 11 is 0. The molecule has 0 spiro atoms. The standard InChI is InChI=1S/C20H34O2/c1-7-19(5)16(21)13-15-18(4)11-8-10-17(2,3)14(18)9-12-20(15,6)22-19/h7,14-16,21H,1,8-13H2,2-6H3/t14-,15+,16-,18-,19+,20+/m1/s1. The summed E-state index contributed by atoms with van der Waals surface area (Å²) in [6.45, 7) is 15.6. The van der Waals surface area contributed by atoms with Crippen molar-refractivity contribution >= 4 is 0 Å². The number of hydrogen-bond acceptors (Lipinski definition) is 2. The molecule has 1 saturated heterocycles. The lowest BCUT2D eigenvalue weighted by molar-refractivity contribution is -0.281. The van der Waals surface area contributed by atoms with Gasteiger partial charge in [-0.1, -0.05) is 33.3 Å². The van der Waals surface area contributed by atoms with E-state index in [0.29, 0.717) is 11.3 Å². The average molecular weight is 306 g/mol. The second-order valence-electron chi connectivity index (χ2n) is 9.55. The van der Waals surface area contributed by atoms with Crippen molar-refractivity contribution in [2.75, 3.05) is 0 Å². The molecule has 1 N–H and O–H groups in total. The van der Waals surface area contributed by atoms with E-state index in [0.717, 1.165) is 18.8 Å². The monoisotopic (exact) mass is 306 g/mol. The largest absolute Gasteiger partial charge is 0.390 e. The zero-order valence-electron chi connectivity index (χ0n) is 15.1. The van der Waals surface area contributed by atoms with Crippen LogP contribution in [0, 0.1) is 22.7 Å². The molecule has 3 aliphatic rings. The van der Waals surface area contributed by atoms with Crippen LogP contribution in [-0.2, 0) is 4.74 Å². The first-order valence-electron chi connectivity index (χ1n) is 9.09. The quantitative estimate of drug-likeness (QED) is 0.711. The van der Waals surface area contributed by atoms with Crippen LogP contribution in [0.2, 0.25) is 0 Å². The van der Waals surface area contributed by atoms with Gasteiger partial charge in [-0.05, 0) is 68.6 Å². The minimum Gasteiger partial charge on any atom is -0.390 e. The van der Waals surface area contributed by atoms with Gasteiger partial charge in [0.1, 0.15) is 5.60 Å². The van der Waals surface area contributed by atoms with Gasteiger partial charge in [-0.3, -0.25) is 0 Å². The van der Waals surface area contributed by atoms with Gasteiger partial charge in [-0.2, -0.15) is 0 Å². The highest BCUT2D eigenvalue weighted by Crippen LogP contribution is 2.65. The van der Waals surface area contributed by atoms with Crippen LogP contribution in [0.5, 0.6) is 0 Å². The number of fused-ring (bicyclic) bond motifs is 3. The molecule has 0 aromatic carbocycles. The van der Waals surface area contributed by atoms with Gasteiger partial charge in [-0.15, -0.1) is 6.58 Å². The number of hydrogen-bond donors (Lipinski definition) is 1. The van der Waals surface area contributed by atoms with E-state index in [-0.39, 0.29) is 11.0 Å². The van der Waals surface area contributed by atoms with Gasteiger partial charge in [0.2, 0.25) is 0 Å². The van der Waals surface area contributed by atoms with Gasteiger partial charge in [0.15, 0.2) is 0 Å². The summed E-state index contributed by atoms with van der Waals surface area (Å²) in [5.74, 6) is 1.19. The average Bonchev–Trinajstić information content (AvgIpc) is 2.40. The van der Waals surface area contributed by atoms with Crippen LogP contribution < -0.4 is 0 Å². The highest BCUT2D eigenvalue weighted by Gasteiger charge is 2.62.